The third-order valence-corrected chi connectivity index (χ3v) is 3.65. The normalized spacial score (nSPS) is 16.1. The lowest BCUT2D eigenvalue weighted by atomic mass is 10.1. The quantitative estimate of drug-likeness (QED) is 0.792. The van der Waals surface area contributed by atoms with E-state index in [1.165, 1.54) is 5.56 Å². The Morgan fingerprint density at radius 3 is 2.63 bits per heavy atom. The molecular formula is C16H23NO2. The summed E-state index contributed by atoms with van der Waals surface area (Å²) < 4.78 is 0. The fourth-order valence-electron chi connectivity index (χ4n) is 2.26. The number of amides is 1. The molecule has 0 aliphatic heterocycles. The molecular weight excluding hydrogens is 238 g/mol. The minimum absolute atomic E-state index is 0.0500. The molecule has 2 N–H and O–H groups in total. The molecule has 1 saturated carbocycles. The second kappa shape index (κ2) is 6.71. The third-order valence-electron chi connectivity index (χ3n) is 3.65. The summed E-state index contributed by atoms with van der Waals surface area (Å²) in [6.45, 7) is 2.69. The molecule has 0 heterocycles. The molecule has 0 spiro atoms. The number of aliphatic hydroxyl groups is 1. The van der Waals surface area contributed by atoms with E-state index in [0.717, 1.165) is 25.7 Å². The van der Waals surface area contributed by atoms with Crippen molar-refractivity contribution in [1.82, 2.24) is 5.32 Å². The summed E-state index contributed by atoms with van der Waals surface area (Å²) in [6, 6.07) is 7.77. The molecule has 3 nitrogen and oxygen atoms in total. The molecule has 0 bridgehead atoms. The molecule has 0 unspecified atom stereocenters. The zero-order valence-electron chi connectivity index (χ0n) is 11.6. The highest BCUT2D eigenvalue weighted by atomic mass is 16.3. The Labute approximate surface area is 115 Å². The lowest BCUT2D eigenvalue weighted by molar-refractivity contribution is 0.0937. The molecule has 0 radical (unpaired) electrons. The van der Waals surface area contributed by atoms with Crippen molar-refractivity contribution in [3.63, 3.8) is 0 Å². The number of rotatable bonds is 7. The second-order valence-corrected chi connectivity index (χ2v) is 5.40. The SMILES string of the molecule is CCCc1ccc(C(=O)NCC[C@H](O)C2CC2)cc1. The zero-order chi connectivity index (χ0) is 13.7. The van der Waals surface area contributed by atoms with Gasteiger partial charge in [-0.3, -0.25) is 4.79 Å². The van der Waals surface area contributed by atoms with E-state index in [1.54, 1.807) is 0 Å². The van der Waals surface area contributed by atoms with E-state index in [9.17, 15) is 9.90 Å². The number of carbonyl (C=O) groups is 1. The molecule has 1 amide bonds. The Morgan fingerprint density at radius 2 is 2.05 bits per heavy atom. The van der Waals surface area contributed by atoms with Crippen molar-refractivity contribution in [3.05, 3.63) is 35.4 Å². The molecule has 1 aliphatic carbocycles. The molecule has 19 heavy (non-hydrogen) atoms. The summed E-state index contributed by atoms with van der Waals surface area (Å²) in [6.07, 6.45) is 4.85. The van der Waals surface area contributed by atoms with Crippen LogP contribution in [0.4, 0.5) is 0 Å². The molecule has 3 heteroatoms. The van der Waals surface area contributed by atoms with Crippen LogP contribution in [0.15, 0.2) is 24.3 Å². The highest BCUT2D eigenvalue weighted by molar-refractivity contribution is 5.94. The summed E-state index contributed by atoms with van der Waals surface area (Å²) in [5.41, 5.74) is 1.96. The predicted octanol–water partition coefficient (Wildman–Crippen LogP) is 2.53. The van der Waals surface area contributed by atoms with Crippen LogP contribution in [0.2, 0.25) is 0 Å². The summed E-state index contributed by atoms with van der Waals surface area (Å²) in [4.78, 5) is 11.9. The van der Waals surface area contributed by atoms with Gasteiger partial charge in [0.1, 0.15) is 0 Å². The number of carbonyl (C=O) groups excluding carboxylic acids is 1. The molecule has 1 aromatic carbocycles. The standard InChI is InChI=1S/C16H23NO2/c1-2-3-12-4-6-14(7-5-12)16(19)17-11-10-15(18)13-8-9-13/h4-7,13,15,18H,2-3,8-11H2,1H3,(H,17,19)/t15-/m0/s1. The summed E-state index contributed by atoms with van der Waals surface area (Å²) in [5, 5.41) is 12.6. The van der Waals surface area contributed by atoms with Gasteiger partial charge >= 0.3 is 0 Å². The van der Waals surface area contributed by atoms with Crippen LogP contribution in [0.1, 0.15) is 48.5 Å². The highest BCUT2D eigenvalue weighted by Crippen LogP contribution is 2.33. The van der Waals surface area contributed by atoms with Crippen LogP contribution in [0.3, 0.4) is 0 Å². The summed E-state index contributed by atoms with van der Waals surface area (Å²) in [7, 11) is 0. The van der Waals surface area contributed by atoms with E-state index in [1.807, 2.05) is 24.3 Å². The fourth-order valence-corrected chi connectivity index (χ4v) is 2.26. The van der Waals surface area contributed by atoms with Gasteiger partial charge in [-0.15, -0.1) is 0 Å². The van der Waals surface area contributed by atoms with Crippen LogP contribution >= 0.6 is 0 Å². The van der Waals surface area contributed by atoms with E-state index in [-0.39, 0.29) is 12.0 Å². The van der Waals surface area contributed by atoms with Crippen molar-refractivity contribution >= 4 is 5.91 Å². The smallest absolute Gasteiger partial charge is 0.251 e. The molecule has 1 aromatic rings. The van der Waals surface area contributed by atoms with Crippen molar-refractivity contribution in [2.75, 3.05) is 6.54 Å². The van der Waals surface area contributed by atoms with Gasteiger partial charge in [-0.2, -0.15) is 0 Å². The minimum Gasteiger partial charge on any atom is -0.393 e. The van der Waals surface area contributed by atoms with Gasteiger partial charge in [0.2, 0.25) is 0 Å². The molecule has 0 saturated heterocycles. The van der Waals surface area contributed by atoms with Gasteiger partial charge in [-0.1, -0.05) is 25.5 Å². The zero-order valence-corrected chi connectivity index (χ0v) is 11.6. The Morgan fingerprint density at radius 1 is 1.37 bits per heavy atom. The lowest BCUT2D eigenvalue weighted by Crippen LogP contribution is -2.27. The van der Waals surface area contributed by atoms with E-state index < -0.39 is 0 Å². The average Bonchev–Trinajstić information content (AvgIpc) is 3.24. The Bertz CT molecular complexity index is 409. The number of aryl methyl sites for hydroxylation is 1. The van der Waals surface area contributed by atoms with E-state index in [2.05, 4.69) is 12.2 Å². The van der Waals surface area contributed by atoms with E-state index in [0.29, 0.717) is 24.4 Å². The highest BCUT2D eigenvalue weighted by Gasteiger charge is 2.29. The minimum atomic E-state index is -0.243. The maximum atomic E-state index is 11.9. The van der Waals surface area contributed by atoms with Gasteiger partial charge in [-0.25, -0.2) is 0 Å². The average molecular weight is 261 g/mol. The number of nitrogens with one attached hydrogen (secondary N) is 1. The molecule has 1 aliphatic rings. The van der Waals surface area contributed by atoms with Crippen molar-refractivity contribution in [2.45, 2.75) is 45.1 Å². The van der Waals surface area contributed by atoms with Crippen LogP contribution in [0, 0.1) is 5.92 Å². The van der Waals surface area contributed by atoms with Crippen LogP contribution in [0.5, 0.6) is 0 Å². The van der Waals surface area contributed by atoms with Crippen LogP contribution < -0.4 is 5.32 Å². The Kier molecular flexibility index (Phi) is 4.97. The number of benzene rings is 1. The molecule has 0 aromatic heterocycles. The van der Waals surface area contributed by atoms with Crippen molar-refractivity contribution in [2.24, 2.45) is 5.92 Å². The topological polar surface area (TPSA) is 49.3 Å². The summed E-state index contributed by atoms with van der Waals surface area (Å²) >= 11 is 0. The van der Waals surface area contributed by atoms with Gasteiger partial charge in [-0.05, 0) is 49.3 Å². The van der Waals surface area contributed by atoms with Crippen LogP contribution in [-0.4, -0.2) is 23.7 Å². The molecule has 1 atom stereocenters. The monoisotopic (exact) mass is 261 g/mol. The van der Waals surface area contributed by atoms with Crippen LogP contribution in [0.25, 0.3) is 0 Å². The number of hydrogen-bond donors (Lipinski definition) is 2. The van der Waals surface area contributed by atoms with E-state index >= 15 is 0 Å². The van der Waals surface area contributed by atoms with Crippen molar-refractivity contribution in [3.8, 4) is 0 Å². The van der Waals surface area contributed by atoms with Gasteiger partial charge in [0.25, 0.3) is 5.91 Å². The first-order valence-corrected chi connectivity index (χ1v) is 7.26. The predicted molar refractivity (Wildman–Crippen MR) is 76.1 cm³/mol. The lowest BCUT2D eigenvalue weighted by Gasteiger charge is -2.10. The fraction of sp³-hybridized carbons (Fsp3) is 0.562. The molecule has 2 rings (SSSR count). The maximum Gasteiger partial charge on any atom is 0.251 e. The number of aliphatic hydroxyl groups excluding tert-OH is 1. The maximum absolute atomic E-state index is 11.9. The van der Waals surface area contributed by atoms with Crippen LogP contribution in [-0.2, 0) is 6.42 Å². The van der Waals surface area contributed by atoms with Gasteiger partial charge in [0.15, 0.2) is 0 Å². The molecule has 104 valence electrons. The first-order chi connectivity index (χ1) is 9.20. The molecule has 1 fully saturated rings. The first kappa shape index (κ1) is 14.1. The largest absolute Gasteiger partial charge is 0.393 e. The number of hydrogen-bond acceptors (Lipinski definition) is 2. The van der Waals surface area contributed by atoms with Gasteiger partial charge < -0.3 is 10.4 Å². The first-order valence-electron chi connectivity index (χ1n) is 7.26. The van der Waals surface area contributed by atoms with Crippen molar-refractivity contribution < 1.29 is 9.90 Å². The van der Waals surface area contributed by atoms with E-state index in [4.69, 9.17) is 0 Å². The third kappa shape index (κ3) is 4.35. The van der Waals surface area contributed by atoms with Gasteiger partial charge in [0.05, 0.1) is 6.10 Å². The Hall–Kier alpha value is -1.35. The second-order valence-electron chi connectivity index (χ2n) is 5.40. The van der Waals surface area contributed by atoms with Crippen molar-refractivity contribution in [1.29, 1.82) is 0 Å². The summed E-state index contributed by atoms with van der Waals surface area (Å²) in [5.74, 6) is 0.427. The Balaban J connectivity index is 1.75. The van der Waals surface area contributed by atoms with Gasteiger partial charge in [0, 0.05) is 12.1 Å².